The zero-order valence-corrected chi connectivity index (χ0v) is 12.4. The Labute approximate surface area is 128 Å². The van der Waals surface area contributed by atoms with Crippen LogP contribution in [0.2, 0.25) is 0 Å². The zero-order chi connectivity index (χ0) is 14.8. The topological polar surface area (TPSA) is 93.0 Å². The Kier molecular flexibility index (Phi) is 3.65. The molecule has 108 valence electrons. The molecule has 1 N–H and O–H groups in total. The molecule has 1 aliphatic heterocycles. The van der Waals surface area contributed by atoms with Gasteiger partial charge in [0.1, 0.15) is 6.33 Å². The molecule has 2 amide bonds. The number of carbonyl (C=O) groups excluding carboxylic acids is 2. The Morgan fingerprint density at radius 2 is 2.24 bits per heavy atom. The quantitative estimate of drug-likeness (QED) is 0.822. The fourth-order valence-corrected chi connectivity index (χ4v) is 2.50. The van der Waals surface area contributed by atoms with Crippen molar-refractivity contribution >= 4 is 27.7 Å². The third kappa shape index (κ3) is 2.77. The van der Waals surface area contributed by atoms with Gasteiger partial charge in [-0.1, -0.05) is 0 Å². The monoisotopic (exact) mass is 350 g/mol. The first-order valence-electron chi connectivity index (χ1n) is 6.24. The Hall–Kier alpha value is -2.29. The average molecular weight is 351 g/mol. The van der Waals surface area contributed by atoms with Crippen LogP contribution in [0.5, 0.6) is 0 Å². The van der Waals surface area contributed by atoms with Crippen LogP contribution in [0.4, 0.5) is 0 Å². The van der Waals surface area contributed by atoms with Gasteiger partial charge in [0.05, 0.1) is 17.8 Å². The van der Waals surface area contributed by atoms with Gasteiger partial charge >= 0.3 is 0 Å². The minimum atomic E-state index is -0.202. The SMILES string of the molecule is O=C1CN(C(=O)c2cc(-n3cnnn3)ccc2Br)CCN1. The lowest BCUT2D eigenvalue weighted by Crippen LogP contribution is -2.50. The van der Waals surface area contributed by atoms with E-state index in [-0.39, 0.29) is 18.4 Å². The fraction of sp³-hybridized carbons (Fsp3) is 0.250. The van der Waals surface area contributed by atoms with E-state index in [4.69, 9.17) is 0 Å². The van der Waals surface area contributed by atoms with Gasteiger partial charge < -0.3 is 10.2 Å². The number of halogens is 1. The van der Waals surface area contributed by atoms with Gasteiger partial charge in [-0.3, -0.25) is 9.59 Å². The summed E-state index contributed by atoms with van der Waals surface area (Å²) in [5.74, 6) is -0.353. The number of nitrogens with zero attached hydrogens (tertiary/aromatic N) is 5. The van der Waals surface area contributed by atoms with Gasteiger partial charge in [-0.05, 0) is 44.6 Å². The molecule has 8 nitrogen and oxygen atoms in total. The molecular formula is C12H11BrN6O2. The predicted octanol–water partition coefficient (Wildman–Crippen LogP) is -0.00320. The van der Waals surface area contributed by atoms with Gasteiger partial charge in [0.25, 0.3) is 5.91 Å². The number of carbonyl (C=O) groups is 2. The third-order valence-electron chi connectivity index (χ3n) is 3.12. The summed E-state index contributed by atoms with van der Waals surface area (Å²) in [6.07, 6.45) is 1.45. The number of nitrogens with one attached hydrogen (secondary N) is 1. The van der Waals surface area contributed by atoms with Crippen molar-refractivity contribution in [3.63, 3.8) is 0 Å². The summed E-state index contributed by atoms with van der Waals surface area (Å²) in [6.45, 7) is 1.03. The van der Waals surface area contributed by atoms with Gasteiger partial charge in [-0.15, -0.1) is 5.10 Å². The van der Waals surface area contributed by atoms with E-state index >= 15 is 0 Å². The highest BCUT2D eigenvalue weighted by atomic mass is 79.9. The van der Waals surface area contributed by atoms with Crippen LogP contribution in [0.15, 0.2) is 29.0 Å². The first-order chi connectivity index (χ1) is 10.1. The van der Waals surface area contributed by atoms with Crippen LogP contribution in [0, 0.1) is 0 Å². The summed E-state index contributed by atoms with van der Waals surface area (Å²) in [4.78, 5) is 25.5. The molecule has 0 unspecified atom stereocenters. The molecule has 0 aliphatic carbocycles. The normalized spacial score (nSPS) is 14.9. The maximum absolute atomic E-state index is 12.5. The number of hydrogen-bond acceptors (Lipinski definition) is 5. The lowest BCUT2D eigenvalue weighted by atomic mass is 10.1. The molecule has 2 heterocycles. The molecule has 1 fully saturated rings. The standard InChI is InChI=1S/C12H11BrN6O2/c13-10-2-1-8(19-7-15-16-17-19)5-9(10)12(21)18-4-3-14-11(20)6-18/h1-2,5,7H,3-4,6H2,(H,14,20). The number of aromatic nitrogens is 4. The van der Waals surface area contributed by atoms with Crippen molar-refractivity contribution in [3.05, 3.63) is 34.6 Å². The van der Waals surface area contributed by atoms with E-state index in [1.165, 1.54) is 15.9 Å². The summed E-state index contributed by atoms with van der Waals surface area (Å²) < 4.78 is 2.13. The first kappa shape index (κ1) is 13.7. The molecular weight excluding hydrogens is 340 g/mol. The average Bonchev–Trinajstić information content (AvgIpc) is 3.01. The maximum atomic E-state index is 12.5. The smallest absolute Gasteiger partial charge is 0.255 e. The number of benzene rings is 1. The first-order valence-corrected chi connectivity index (χ1v) is 7.03. The second kappa shape index (κ2) is 5.60. The van der Waals surface area contributed by atoms with Crippen LogP contribution in [0.1, 0.15) is 10.4 Å². The molecule has 0 saturated carbocycles. The van der Waals surface area contributed by atoms with E-state index in [1.54, 1.807) is 18.2 Å². The second-order valence-corrected chi connectivity index (χ2v) is 5.35. The lowest BCUT2D eigenvalue weighted by Gasteiger charge is -2.27. The van der Waals surface area contributed by atoms with Crippen LogP contribution in [0.3, 0.4) is 0 Å². The second-order valence-electron chi connectivity index (χ2n) is 4.50. The highest BCUT2D eigenvalue weighted by molar-refractivity contribution is 9.10. The lowest BCUT2D eigenvalue weighted by molar-refractivity contribution is -0.123. The van der Waals surface area contributed by atoms with Crippen molar-refractivity contribution in [1.29, 1.82) is 0 Å². The largest absolute Gasteiger partial charge is 0.353 e. The third-order valence-corrected chi connectivity index (χ3v) is 3.81. The Morgan fingerprint density at radius 3 is 2.95 bits per heavy atom. The fourth-order valence-electron chi connectivity index (χ4n) is 2.08. The van der Waals surface area contributed by atoms with E-state index in [0.29, 0.717) is 28.8 Å². The highest BCUT2D eigenvalue weighted by Crippen LogP contribution is 2.22. The van der Waals surface area contributed by atoms with E-state index < -0.39 is 0 Å². The van der Waals surface area contributed by atoms with Gasteiger partial charge in [0.15, 0.2) is 0 Å². The summed E-state index contributed by atoms with van der Waals surface area (Å²) in [7, 11) is 0. The number of amides is 2. The van der Waals surface area contributed by atoms with Crippen LogP contribution < -0.4 is 5.32 Å². The van der Waals surface area contributed by atoms with E-state index in [2.05, 4.69) is 36.8 Å². The number of rotatable bonds is 2. The minimum Gasteiger partial charge on any atom is -0.353 e. The summed E-state index contributed by atoms with van der Waals surface area (Å²) in [5, 5.41) is 13.6. The Balaban J connectivity index is 1.92. The van der Waals surface area contributed by atoms with Gasteiger partial charge in [-0.2, -0.15) is 0 Å². The summed E-state index contributed by atoms with van der Waals surface area (Å²) in [6, 6.07) is 5.24. The molecule has 1 aliphatic rings. The molecule has 0 bridgehead atoms. The van der Waals surface area contributed by atoms with Crippen molar-refractivity contribution in [2.24, 2.45) is 0 Å². The van der Waals surface area contributed by atoms with Crippen LogP contribution >= 0.6 is 15.9 Å². The molecule has 21 heavy (non-hydrogen) atoms. The molecule has 0 atom stereocenters. The number of hydrogen-bond donors (Lipinski definition) is 1. The molecule has 2 aromatic rings. The van der Waals surface area contributed by atoms with Crippen molar-refractivity contribution in [3.8, 4) is 5.69 Å². The van der Waals surface area contributed by atoms with Crippen molar-refractivity contribution < 1.29 is 9.59 Å². The molecule has 0 radical (unpaired) electrons. The Morgan fingerprint density at radius 1 is 1.38 bits per heavy atom. The van der Waals surface area contributed by atoms with Crippen molar-refractivity contribution in [2.45, 2.75) is 0 Å². The van der Waals surface area contributed by atoms with Crippen LogP contribution in [-0.2, 0) is 4.79 Å². The minimum absolute atomic E-state index is 0.0698. The van der Waals surface area contributed by atoms with Crippen molar-refractivity contribution in [1.82, 2.24) is 30.4 Å². The molecule has 1 saturated heterocycles. The molecule has 3 rings (SSSR count). The summed E-state index contributed by atoms with van der Waals surface area (Å²) >= 11 is 3.37. The van der Waals surface area contributed by atoms with Gasteiger partial charge in [0, 0.05) is 17.6 Å². The van der Waals surface area contributed by atoms with E-state index in [0.717, 1.165) is 0 Å². The molecule has 9 heteroatoms. The molecule has 1 aromatic carbocycles. The van der Waals surface area contributed by atoms with E-state index in [1.807, 2.05) is 0 Å². The number of tetrazole rings is 1. The van der Waals surface area contributed by atoms with Crippen molar-refractivity contribution in [2.75, 3.05) is 19.6 Å². The summed E-state index contributed by atoms with van der Waals surface area (Å²) in [5.41, 5.74) is 1.14. The molecule has 1 aromatic heterocycles. The maximum Gasteiger partial charge on any atom is 0.255 e. The van der Waals surface area contributed by atoms with Crippen LogP contribution in [-0.4, -0.2) is 56.6 Å². The van der Waals surface area contributed by atoms with Crippen LogP contribution in [0.25, 0.3) is 5.69 Å². The van der Waals surface area contributed by atoms with E-state index in [9.17, 15) is 9.59 Å². The van der Waals surface area contributed by atoms with Gasteiger partial charge in [0.2, 0.25) is 5.91 Å². The zero-order valence-electron chi connectivity index (χ0n) is 10.9. The predicted molar refractivity (Wildman–Crippen MR) is 75.8 cm³/mol. The van der Waals surface area contributed by atoms with Gasteiger partial charge in [-0.25, -0.2) is 4.68 Å². The number of piperazine rings is 1. The molecule has 0 spiro atoms. The highest BCUT2D eigenvalue weighted by Gasteiger charge is 2.24. The Bertz CT molecular complexity index is 687.